The molecule has 8 nitrogen and oxygen atoms in total. The summed E-state index contributed by atoms with van der Waals surface area (Å²) in [6, 6.07) is 69.8. The van der Waals surface area contributed by atoms with Gasteiger partial charge in [-0.2, -0.15) is 9.97 Å². The zero-order valence-corrected chi connectivity index (χ0v) is 35.9. The number of imidazole rings is 2. The van der Waals surface area contributed by atoms with Gasteiger partial charge in [-0.3, -0.25) is 18.5 Å². The number of rotatable bonds is 6. The van der Waals surface area contributed by atoms with Crippen LogP contribution in [0.25, 0.3) is 127 Å². The highest BCUT2D eigenvalue weighted by Gasteiger charge is 2.26. The van der Waals surface area contributed by atoms with Gasteiger partial charge in [0.05, 0.1) is 43.7 Å². The molecule has 9 heteroatoms. The molecule has 66 heavy (non-hydrogen) atoms. The number of hydrogen-bond acceptors (Lipinski definition) is 6. The van der Waals surface area contributed by atoms with E-state index in [4.69, 9.17) is 24.9 Å². The molecule has 0 radical (unpaired) electrons. The van der Waals surface area contributed by atoms with E-state index < -0.39 is 0 Å². The summed E-state index contributed by atoms with van der Waals surface area (Å²) in [5.41, 5.74) is 12.9. The first kappa shape index (κ1) is 36.7. The summed E-state index contributed by atoms with van der Waals surface area (Å²) in [6.45, 7) is 0. The van der Waals surface area contributed by atoms with Crippen LogP contribution in [0.3, 0.4) is 0 Å². The predicted molar refractivity (Wildman–Crippen MR) is 270 cm³/mol. The minimum atomic E-state index is 0.524. The molecule has 0 spiro atoms. The van der Waals surface area contributed by atoms with E-state index in [9.17, 15) is 0 Å². The summed E-state index contributed by atoms with van der Waals surface area (Å²) < 4.78 is 9.23. The minimum Gasteiger partial charge on any atom is -0.278 e. The van der Waals surface area contributed by atoms with Gasteiger partial charge in [-0.15, -0.1) is 11.3 Å². The van der Waals surface area contributed by atoms with Gasteiger partial charge in [0.1, 0.15) is 5.52 Å². The summed E-state index contributed by atoms with van der Waals surface area (Å²) in [5, 5.41) is 4.63. The molecule has 0 amide bonds. The number of para-hydroxylation sites is 4. The fraction of sp³-hybridized carbons (Fsp3) is 0. The molecule has 0 unspecified atom stereocenters. The van der Waals surface area contributed by atoms with E-state index in [0.717, 1.165) is 88.8 Å². The third-order valence-electron chi connectivity index (χ3n) is 12.8. The molecule has 0 N–H and O–H groups in total. The standard InChI is InChI=1S/C57H34N8S/c1-3-17-35(18-4-1)54-60-55(36-19-5-2-6-20-36)62-56(61-54)65-45-27-13-10-23-39(45)42-31-32-48-51(52(42)65)59-57-63(46-28-14-15-29-47(46)64(48)57)44-26-12-9-22-38(44)37-21-7-8-25-41(37)50-53-43(33-34-58-50)40-24-11-16-30-49(40)66-53/h1-34H. The summed E-state index contributed by atoms with van der Waals surface area (Å²) in [6.07, 6.45) is 1.94. The van der Waals surface area contributed by atoms with Gasteiger partial charge in [-0.25, -0.2) is 9.97 Å². The third kappa shape index (κ3) is 5.41. The Morgan fingerprint density at radius 3 is 1.79 bits per heavy atom. The van der Waals surface area contributed by atoms with Crippen molar-refractivity contribution in [2.75, 3.05) is 0 Å². The van der Waals surface area contributed by atoms with Crippen molar-refractivity contribution in [2.24, 2.45) is 0 Å². The second-order valence-electron chi connectivity index (χ2n) is 16.5. The number of hydrogen-bond donors (Lipinski definition) is 0. The van der Waals surface area contributed by atoms with Gasteiger partial charge in [0, 0.05) is 54.7 Å². The molecular formula is C57H34N8S. The van der Waals surface area contributed by atoms with Gasteiger partial charge < -0.3 is 0 Å². The van der Waals surface area contributed by atoms with E-state index in [1.165, 1.54) is 20.2 Å². The quantitative estimate of drug-likeness (QED) is 0.166. The molecule has 308 valence electrons. The lowest BCUT2D eigenvalue weighted by Gasteiger charge is -2.16. The topological polar surface area (TPSA) is 78.7 Å². The van der Waals surface area contributed by atoms with Crippen molar-refractivity contribution in [3.05, 3.63) is 206 Å². The average Bonchev–Trinajstić information content (AvgIpc) is 4.14. The molecule has 0 aliphatic carbocycles. The largest absolute Gasteiger partial charge is 0.278 e. The number of nitrogens with zero attached hydrogens (tertiary/aromatic N) is 8. The summed E-state index contributed by atoms with van der Waals surface area (Å²) >= 11 is 1.80. The maximum atomic E-state index is 5.70. The van der Waals surface area contributed by atoms with Crippen LogP contribution in [0.4, 0.5) is 0 Å². The predicted octanol–water partition coefficient (Wildman–Crippen LogP) is 14.1. The Morgan fingerprint density at radius 1 is 0.394 bits per heavy atom. The fourth-order valence-corrected chi connectivity index (χ4v) is 11.1. The molecule has 6 aromatic heterocycles. The zero-order chi connectivity index (χ0) is 43.3. The monoisotopic (exact) mass is 862 g/mol. The van der Waals surface area contributed by atoms with Crippen molar-refractivity contribution in [3.63, 3.8) is 0 Å². The zero-order valence-electron chi connectivity index (χ0n) is 35.1. The molecule has 0 atom stereocenters. The lowest BCUT2D eigenvalue weighted by Crippen LogP contribution is -2.06. The number of thiophene rings is 1. The smallest absolute Gasteiger partial charge is 0.238 e. The Kier molecular flexibility index (Phi) is 7.98. The number of pyridine rings is 1. The van der Waals surface area contributed by atoms with Crippen molar-refractivity contribution >= 4 is 81.2 Å². The van der Waals surface area contributed by atoms with Gasteiger partial charge in [0.15, 0.2) is 11.6 Å². The summed E-state index contributed by atoms with van der Waals surface area (Å²) in [7, 11) is 0. The van der Waals surface area contributed by atoms with Crippen molar-refractivity contribution in [2.45, 2.75) is 0 Å². The first-order chi connectivity index (χ1) is 32.8. The van der Waals surface area contributed by atoms with Crippen LogP contribution in [0, 0.1) is 0 Å². The van der Waals surface area contributed by atoms with Gasteiger partial charge in [0.25, 0.3) is 0 Å². The maximum Gasteiger partial charge on any atom is 0.238 e. The SMILES string of the molecule is c1ccc(-c2nc(-c3ccccc3)nc(-n3c4ccccc4c4ccc5c(nc6n(-c7ccccc7-c7ccccc7-c7nccc8c7sc7ccccc78)c7ccccc7n56)c43)n2)cc1. The Labute approximate surface area is 381 Å². The Bertz CT molecular complexity index is 4180. The van der Waals surface area contributed by atoms with Crippen LogP contribution in [0.2, 0.25) is 0 Å². The third-order valence-corrected chi connectivity index (χ3v) is 14.0. The van der Waals surface area contributed by atoms with Crippen LogP contribution in [0.15, 0.2) is 206 Å². The van der Waals surface area contributed by atoms with E-state index >= 15 is 0 Å². The van der Waals surface area contributed by atoms with Crippen molar-refractivity contribution in [1.29, 1.82) is 0 Å². The molecule has 8 aromatic carbocycles. The van der Waals surface area contributed by atoms with E-state index in [-0.39, 0.29) is 0 Å². The van der Waals surface area contributed by atoms with Crippen LogP contribution in [-0.2, 0) is 0 Å². The maximum absolute atomic E-state index is 5.70. The van der Waals surface area contributed by atoms with Crippen LogP contribution in [0.5, 0.6) is 0 Å². The van der Waals surface area contributed by atoms with Gasteiger partial charge in [-0.05, 0) is 54.1 Å². The highest BCUT2D eigenvalue weighted by Crippen LogP contribution is 2.44. The fourth-order valence-electron chi connectivity index (χ4n) is 9.92. The van der Waals surface area contributed by atoms with Crippen LogP contribution in [0.1, 0.15) is 0 Å². The van der Waals surface area contributed by atoms with E-state index in [1.807, 2.05) is 66.9 Å². The van der Waals surface area contributed by atoms with Crippen molar-refractivity contribution in [3.8, 4) is 56.8 Å². The second-order valence-corrected chi connectivity index (χ2v) is 17.5. The van der Waals surface area contributed by atoms with E-state index in [1.54, 1.807) is 11.3 Å². The molecule has 6 heterocycles. The van der Waals surface area contributed by atoms with Gasteiger partial charge in [0.2, 0.25) is 11.7 Å². The lowest BCUT2D eigenvalue weighted by molar-refractivity contribution is 0.954. The molecular weight excluding hydrogens is 829 g/mol. The highest BCUT2D eigenvalue weighted by molar-refractivity contribution is 7.26. The molecule has 0 fully saturated rings. The van der Waals surface area contributed by atoms with Crippen LogP contribution in [-0.4, -0.2) is 38.5 Å². The molecule has 14 rings (SSSR count). The van der Waals surface area contributed by atoms with Gasteiger partial charge in [-0.1, -0.05) is 152 Å². The molecule has 0 bridgehead atoms. The molecule has 0 aliphatic rings. The minimum absolute atomic E-state index is 0.524. The highest BCUT2D eigenvalue weighted by atomic mass is 32.1. The van der Waals surface area contributed by atoms with Crippen molar-refractivity contribution in [1.82, 2.24) is 38.5 Å². The summed E-state index contributed by atoms with van der Waals surface area (Å²) in [4.78, 5) is 26.3. The molecule has 0 saturated carbocycles. The Balaban J connectivity index is 1.04. The number of aromatic nitrogens is 8. The molecule has 0 aliphatic heterocycles. The van der Waals surface area contributed by atoms with Gasteiger partial charge >= 0.3 is 0 Å². The number of benzene rings is 8. The average molecular weight is 863 g/mol. The Morgan fingerprint density at radius 2 is 1.02 bits per heavy atom. The first-order valence-corrected chi connectivity index (χ1v) is 22.7. The Hall–Kier alpha value is -8.79. The van der Waals surface area contributed by atoms with E-state index in [2.05, 4.69) is 153 Å². The van der Waals surface area contributed by atoms with E-state index in [0.29, 0.717) is 17.6 Å². The summed E-state index contributed by atoms with van der Waals surface area (Å²) in [5.74, 6) is 2.52. The second kappa shape index (κ2) is 14.4. The van der Waals surface area contributed by atoms with Crippen molar-refractivity contribution < 1.29 is 0 Å². The molecule has 0 saturated heterocycles. The number of fused-ring (bicyclic) bond motifs is 12. The molecule has 14 aromatic rings. The normalized spacial score (nSPS) is 11.9. The van der Waals surface area contributed by atoms with Crippen LogP contribution < -0.4 is 0 Å². The van der Waals surface area contributed by atoms with Crippen LogP contribution >= 0.6 is 11.3 Å². The first-order valence-electron chi connectivity index (χ1n) is 21.9. The lowest BCUT2D eigenvalue weighted by atomic mass is 9.95.